The second kappa shape index (κ2) is 8.10. The van der Waals surface area contributed by atoms with Crippen molar-refractivity contribution in [1.82, 2.24) is 34.6 Å². The molecule has 0 radical (unpaired) electrons. The van der Waals surface area contributed by atoms with Gasteiger partial charge in [-0.1, -0.05) is 17.3 Å². The normalized spacial score (nSPS) is 16.6. The fraction of sp³-hybridized carbons (Fsp3) is 0.364. The summed E-state index contributed by atoms with van der Waals surface area (Å²) in [6, 6.07) is 8.22. The Bertz CT molecular complexity index is 1300. The van der Waals surface area contributed by atoms with Gasteiger partial charge in [-0.3, -0.25) is 4.79 Å². The van der Waals surface area contributed by atoms with Crippen molar-refractivity contribution in [2.75, 3.05) is 13.1 Å². The molecule has 10 heteroatoms. The van der Waals surface area contributed by atoms with Gasteiger partial charge in [0.1, 0.15) is 5.82 Å². The van der Waals surface area contributed by atoms with Gasteiger partial charge in [-0.15, -0.1) is 5.10 Å². The summed E-state index contributed by atoms with van der Waals surface area (Å²) in [6.07, 6.45) is 2.30. The highest BCUT2D eigenvalue weighted by molar-refractivity contribution is 5.91. The van der Waals surface area contributed by atoms with Crippen molar-refractivity contribution in [2.24, 2.45) is 5.92 Å². The minimum atomic E-state index is -0.394. The molecular formula is C22H22FN7O2. The number of piperidine rings is 1. The lowest BCUT2D eigenvalue weighted by atomic mass is 9.94. The monoisotopic (exact) mass is 435 g/mol. The van der Waals surface area contributed by atoms with E-state index in [-0.39, 0.29) is 23.5 Å². The molecule has 0 bridgehead atoms. The smallest absolute Gasteiger partial charge is 0.293 e. The summed E-state index contributed by atoms with van der Waals surface area (Å²) in [5.41, 5.74) is 2.01. The third kappa shape index (κ3) is 3.83. The Morgan fingerprint density at radius 2 is 2.06 bits per heavy atom. The molecule has 32 heavy (non-hydrogen) atoms. The largest absolute Gasteiger partial charge is 0.339 e. The molecule has 4 heterocycles. The van der Waals surface area contributed by atoms with Crippen LogP contribution in [-0.4, -0.2) is 53.6 Å². The number of aromatic nitrogens is 6. The van der Waals surface area contributed by atoms with E-state index in [0.717, 1.165) is 24.2 Å². The van der Waals surface area contributed by atoms with E-state index in [9.17, 15) is 9.18 Å². The molecule has 164 valence electrons. The molecule has 4 aromatic rings. The number of rotatable bonds is 4. The predicted molar refractivity (Wildman–Crippen MR) is 112 cm³/mol. The van der Waals surface area contributed by atoms with Gasteiger partial charge >= 0.3 is 0 Å². The Hall–Kier alpha value is -3.69. The van der Waals surface area contributed by atoms with Crippen molar-refractivity contribution in [3.05, 3.63) is 59.3 Å². The van der Waals surface area contributed by atoms with Crippen LogP contribution in [0.5, 0.6) is 0 Å². The molecule has 1 aliphatic heterocycles. The van der Waals surface area contributed by atoms with Crippen molar-refractivity contribution < 1.29 is 13.7 Å². The zero-order valence-corrected chi connectivity index (χ0v) is 17.8. The van der Waals surface area contributed by atoms with E-state index >= 15 is 0 Å². The summed E-state index contributed by atoms with van der Waals surface area (Å²) in [7, 11) is 0. The van der Waals surface area contributed by atoms with Crippen LogP contribution in [0.2, 0.25) is 0 Å². The topological polar surface area (TPSA) is 102 Å². The first kappa shape index (κ1) is 20.2. The highest BCUT2D eigenvalue weighted by Crippen LogP contribution is 2.24. The molecule has 0 aliphatic carbocycles. The van der Waals surface area contributed by atoms with Crippen molar-refractivity contribution in [3.8, 4) is 11.4 Å². The highest BCUT2D eigenvalue weighted by Gasteiger charge is 2.28. The van der Waals surface area contributed by atoms with Gasteiger partial charge in [0, 0.05) is 30.9 Å². The van der Waals surface area contributed by atoms with Crippen LogP contribution in [0.1, 0.15) is 40.7 Å². The van der Waals surface area contributed by atoms with Gasteiger partial charge < -0.3 is 9.42 Å². The van der Waals surface area contributed by atoms with Gasteiger partial charge in [0.2, 0.25) is 17.5 Å². The standard InChI is InChI=1S/C22H22FN7O2/c1-13-10-14(2)30-22(24-13)26-20(27-30)21(31)29-9-5-6-15(12-29)11-18-25-19(28-32-18)16-7-3-4-8-17(16)23/h3-4,7-8,10,15H,5-6,9,11-12H2,1-2H3/t15-/m1/s1. The highest BCUT2D eigenvalue weighted by atomic mass is 19.1. The fourth-order valence-electron chi connectivity index (χ4n) is 4.15. The van der Waals surface area contributed by atoms with E-state index in [2.05, 4.69) is 25.2 Å². The van der Waals surface area contributed by atoms with Crippen LogP contribution in [0.3, 0.4) is 0 Å². The maximum Gasteiger partial charge on any atom is 0.293 e. The summed E-state index contributed by atoms with van der Waals surface area (Å²) < 4.78 is 20.9. The Morgan fingerprint density at radius 3 is 2.91 bits per heavy atom. The molecule has 1 amide bonds. The molecule has 1 fully saturated rings. The third-order valence-electron chi connectivity index (χ3n) is 5.66. The van der Waals surface area contributed by atoms with Gasteiger partial charge in [-0.05, 0) is 50.8 Å². The van der Waals surface area contributed by atoms with Crippen LogP contribution in [0.15, 0.2) is 34.9 Å². The van der Waals surface area contributed by atoms with Crippen LogP contribution in [0.25, 0.3) is 17.2 Å². The molecule has 1 aromatic carbocycles. The number of aryl methyl sites for hydroxylation is 2. The van der Waals surface area contributed by atoms with Crippen molar-refractivity contribution >= 4 is 11.7 Å². The molecule has 3 aromatic heterocycles. The van der Waals surface area contributed by atoms with Gasteiger partial charge in [-0.2, -0.15) is 9.97 Å². The molecule has 0 spiro atoms. The van der Waals surface area contributed by atoms with E-state index in [1.54, 1.807) is 27.6 Å². The minimum Gasteiger partial charge on any atom is -0.339 e. The number of halogens is 1. The maximum atomic E-state index is 14.0. The van der Waals surface area contributed by atoms with Gasteiger partial charge in [0.25, 0.3) is 11.7 Å². The summed E-state index contributed by atoms with van der Waals surface area (Å²) in [4.78, 5) is 27.9. The molecule has 1 aliphatic rings. The van der Waals surface area contributed by atoms with E-state index in [4.69, 9.17) is 4.52 Å². The summed E-state index contributed by atoms with van der Waals surface area (Å²) in [6.45, 7) is 4.97. The second-order valence-corrected chi connectivity index (χ2v) is 8.14. The van der Waals surface area contributed by atoms with E-state index in [1.165, 1.54) is 6.07 Å². The zero-order chi connectivity index (χ0) is 22.2. The SMILES string of the molecule is Cc1cc(C)n2nc(C(=O)N3CCC[C@H](Cc4nc(-c5ccccc5F)no4)C3)nc2n1. The Labute approximate surface area is 183 Å². The van der Waals surface area contributed by atoms with E-state index < -0.39 is 5.82 Å². The predicted octanol–water partition coefficient (Wildman–Crippen LogP) is 3.03. The average molecular weight is 435 g/mol. The van der Waals surface area contributed by atoms with Gasteiger partial charge in [-0.25, -0.2) is 13.9 Å². The average Bonchev–Trinajstić information content (AvgIpc) is 3.41. The van der Waals surface area contributed by atoms with Gasteiger partial charge in [0.05, 0.1) is 5.56 Å². The van der Waals surface area contributed by atoms with E-state index in [1.807, 2.05) is 19.9 Å². The second-order valence-electron chi connectivity index (χ2n) is 8.14. The Balaban J connectivity index is 1.29. The lowest BCUT2D eigenvalue weighted by Crippen LogP contribution is -2.41. The number of hydrogen-bond donors (Lipinski definition) is 0. The first-order valence-corrected chi connectivity index (χ1v) is 10.6. The molecule has 0 unspecified atom stereocenters. The summed E-state index contributed by atoms with van der Waals surface area (Å²) in [5, 5.41) is 8.28. The zero-order valence-electron chi connectivity index (χ0n) is 17.8. The van der Waals surface area contributed by atoms with Crippen LogP contribution in [0, 0.1) is 25.6 Å². The summed E-state index contributed by atoms with van der Waals surface area (Å²) >= 11 is 0. The van der Waals surface area contributed by atoms with Crippen molar-refractivity contribution in [3.63, 3.8) is 0 Å². The lowest BCUT2D eigenvalue weighted by Gasteiger charge is -2.31. The number of benzene rings is 1. The number of carbonyl (C=O) groups excluding carboxylic acids is 1. The maximum absolute atomic E-state index is 14.0. The summed E-state index contributed by atoms with van der Waals surface area (Å²) in [5.74, 6) is 0.778. The van der Waals surface area contributed by atoms with Crippen molar-refractivity contribution in [1.29, 1.82) is 0 Å². The number of amides is 1. The molecule has 0 saturated carbocycles. The third-order valence-corrected chi connectivity index (χ3v) is 5.66. The Kier molecular flexibility index (Phi) is 5.12. The number of nitrogens with zero attached hydrogens (tertiary/aromatic N) is 7. The first-order chi connectivity index (χ1) is 15.5. The first-order valence-electron chi connectivity index (χ1n) is 10.6. The number of hydrogen-bond acceptors (Lipinski definition) is 7. The van der Waals surface area contributed by atoms with Crippen LogP contribution in [0.4, 0.5) is 4.39 Å². The number of carbonyl (C=O) groups is 1. The minimum absolute atomic E-state index is 0.145. The van der Waals surface area contributed by atoms with E-state index in [0.29, 0.717) is 36.7 Å². The van der Waals surface area contributed by atoms with Crippen molar-refractivity contribution in [2.45, 2.75) is 33.1 Å². The molecule has 9 nitrogen and oxygen atoms in total. The number of likely N-dealkylation sites (tertiary alicyclic amines) is 1. The molecule has 1 atom stereocenters. The molecule has 0 N–H and O–H groups in total. The van der Waals surface area contributed by atoms with Crippen LogP contribution < -0.4 is 0 Å². The number of fused-ring (bicyclic) bond motifs is 1. The Morgan fingerprint density at radius 1 is 1.22 bits per heavy atom. The molecule has 5 rings (SSSR count). The fourth-order valence-corrected chi connectivity index (χ4v) is 4.15. The van der Waals surface area contributed by atoms with Crippen LogP contribution >= 0.6 is 0 Å². The van der Waals surface area contributed by atoms with Gasteiger partial charge in [0.15, 0.2) is 0 Å². The quantitative estimate of drug-likeness (QED) is 0.485. The van der Waals surface area contributed by atoms with Crippen LogP contribution in [-0.2, 0) is 6.42 Å². The lowest BCUT2D eigenvalue weighted by molar-refractivity contribution is 0.0656. The molecule has 1 saturated heterocycles. The molecular weight excluding hydrogens is 413 g/mol.